The SMILES string of the molecule is CCCCCSc1ncnc(NN)c1Br. The van der Waals surface area contributed by atoms with Gasteiger partial charge in [0.2, 0.25) is 0 Å². The fourth-order valence-corrected chi connectivity index (χ4v) is 2.63. The molecule has 0 aliphatic heterocycles. The van der Waals surface area contributed by atoms with Crippen molar-refractivity contribution in [2.24, 2.45) is 5.84 Å². The van der Waals surface area contributed by atoms with Crippen LogP contribution in [0.1, 0.15) is 26.2 Å². The Morgan fingerprint density at radius 1 is 1.47 bits per heavy atom. The number of aromatic nitrogens is 2. The third kappa shape index (κ3) is 3.96. The number of hydrogen-bond donors (Lipinski definition) is 2. The normalized spacial score (nSPS) is 10.3. The molecule has 0 atom stereocenters. The number of halogens is 1. The summed E-state index contributed by atoms with van der Waals surface area (Å²) in [6, 6.07) is 0. The van der Waals surface area contributed by atoms with Crippen molar-refractivity contribution in [2.75, 3.05) is 11.2 Å². The predicted octanol–water partition coefficient (Wildman–Crippen LogP) is 2.81. The molecule has 0 bridgehead atoms. The van der Waals surface area contributed by atoms with Gasteiger partial charge in [0.1, 0.15) is 11.4 Å². The summed E-state index contributed by atoms with van der Waals surface area (Å²) in [7, 11) is 0. The molecule has 0 unspecified atom stereocenters. The Hall–Kier alpha value is -0.330. The van der Waals surface area contributed by atoms with Gasteiger partial charge in [0.15, 0.2) is 5.82 Å². The molecule has 1 rings (SSSR count). The van der Waals surface area contributed by atoms with E-state index in [0.29, 0.717) is 5.82 Å². The van der Waals surface area contributed by atoms with Gasteiger partial charge in [0.05, 0.1) is 4.47 Å². The van der Waals surface area contributed by atoms with Crippen LogP contribution in [0.4, 0.5) is 5.82 Å². The Morgan fingerprint density at radius 2 is 2.27 bits per heavy atom. The van der Waals surface area contributed by atoms with Gasteiger partial charge in [-0.3, -0.25) is 0 Å². The first-order valence-corrected chi connectivity index (χ1v) is 6.67. The highest BCUT2D eigenvalue weighted by atomic mass is 79.9. The lowest BCUT2D eigenvalue weighted by Crippen LogP contribution is -2.09. The summed E-state index contributed by atoms with van der Waals surface area (Å²) >= 11 is 5.15. The molecule has 3 N–H and O–H groups in total. The second kappa shape index (κ2) is 7.03. The second-order valence-electron chi connectivity index (χ2n) is 3.04. The summed E-state index contributed by atoms with van der Waals surface area (Å²) in [6.07, 6.45) is 5.23. The van der Waals surface area contributed by atoms with Crippen LogP contribution in [0, 0.1) is 0 Å². The van der Waals surface area contributed by atoms with E-state index >= 15 is 0 Å². The van der Waals surface area contributed by atoms with Gasteiger partial charge in [-0.1, -0.05) is 19.8 Å². The lowest BCUT2D eigenvalue weighted by Gasteiger charge is -2.06. The van der Waals surface area contributed by atoms with Gasteiger partial charge in [-0.05, 0) is 28.1 Å². The Kier molecular flexibility index (Phi) is 5.97. The molecule has 0 saturated heterocycles. The summed E-state index contributed by atoms with van der Waals surface area (Å²) in [5.41, 5.74) is 2.53. The largest absolute Gasteiger partial charge is 0.307 e. The summed E-state index contributed by atoms with van der Waals surface area (Å²) in [5.74, 6) is 7.02. The van der Waals surface area contributed by atoms with Crippen LogP contribution in [-0.2, 0) is 0 Å². The van der Waals surface area contributed by atoms with Crippen molar-refractivity contribution >= 4 is 33.5 Å². The average molecular weight is 291 g/mol. The van der Waals surface area contributed by atoms with Gasteiger partial charge >= 0.3 is 0 Å². The summed E-state index contributed by atoms with van der Waals surface area (Å²) < 4.78 is 0.842. The standard InChI is InChI=1S/C9H15BrN4S/c1-2-3-4-5-15-9-7(10)8(14-11)12-6-13-9/h6H,2-5,11H2,1H3,(H,12,13,14). The maximum Gasteiger partial charge on any atom is 0.158 e. The molecule has 0 aromatic carbocycles. The summed E-state index contributed by atoms with van der Waals surface area (Å²) in [5, 5.41) is 0.939. The maximum absolute atomic E-state index is 5.32. The molecular formula is C9H15BrN4S. The molecule has 0 spiro atoms. The molecule has 6 heteroatoms. The van der Waals surface area contributed by atoms with E-state index < -0.39 is 0 Å². The zero-order valence-electron chi connectivity index (χ0n) is 8.66. The molecular weight excluding hydrogens is 276 g/mol. The third-order valence-electron chi connectivity index (χ3n) is 1.88. The molecule has 84 valence electrons. The van der Waals surface area contributed by atoms with Crippen LogP contribution in [-0.4, -0.2) is 15.7 Å². The minimum atomic E-state index is 0.628. The second-order valence-corrected chi connectivity index (χ2v) is 4.92. The zero-order valence-corrected chi connectivity index (χ0v) is 11.1. The Bertz CT molecular complexity index is 308. The van der Waals surface area contributed by atoms with Crippen molar-refractivity contribution in [2.45, 2.75) is 31.2 Å². The van der Waals surface area contributed by atoms with Crippen LogP contribution < -0.4 is 11.3 Å². The molecule has 4 nitrogen and oxygen atoms in total. The molecule has 0 aliphatic carbocycles. The highest BCUT2D eigenvalue weighted by Gasteiger charge is 2.07. The van der Waals surface area contributed by atoms with E-state index in [1.165, 1.54) is 25.6 Å². The fraction of sp³-hybridized carbons (Fsp3) is 0.556. The van der Waals surface area contributed by atoms with Crippen LogP contribution in [0.5, 0.6) is 0 Å². The number of nitrogens with two attached hydrogens (primary N) is 1. The number of nitrogens with one attached hydrogen (secondary N) is 1. The molecule has 1 aromatic rings. The summed E-state index contributed by atoms with van der Waals surface area (Å²) in [4.78, 5) is 8.19. The lowest BCUT2D eigenvalue weighted by molar-refractivity contribution is 0.778. The van der Waals surface area contributed by atoms with E-state index in [1.54, 1.807) is 11.8 Å². The monoisotopic (exact) mass is 290 g/mol. The third-order valence-corrected chi connectivity index (χ3v) is 3.97. The highest BCUT2D eigenvalue weighted by molar-refractivity contribution is 9.10. The van der Waals surface area contributed by atoms with Crippen LogP contribution in [0.25, 0.3) is 0 Å². The van der Waals surface area contributed by atoms with Gasteiger partial charge in [-0.15, -0.1) is 11.8 Å². The Balaban J connectivity index is 2.53. The van der Waals surface area contributed by atoms with E-state index in [0.717, 1.165) is 15.3 Å². The number of nitrogens with zero attached hydrogens (tertiary/aromatic N) is 2. The van der Waals surface area contributed by atoms with E-state index in [2.05, 4.69) is 38.2 Å². The number of unbranched alkanes of at least 4 members (excludes halogenated alkanes) is 2. The molecule has 1 aromatic heterocycles. The molecule has 0 radical (unpaired) electrons. The zero-order chi connectivity index (χ0) is 11.1. The fourth-order valence-electron chi connectivity index (χ4n) is 1.08. The molecule has 0 amide bonds. The predicted molar refractivity (Wildman–Crippen MR) is 67.8 cm³/mol. The lowest BCUT2D eigenvalue weighted by atomic mass is 10.3. The first kappa shape index (κ1) is 12.7. The Morgan fingerprint density at radius 3 is 2.93 bits per heavy atom. The van der Waals surface area contributed by atoms with Gasteiger partial charge in [-0.25, -0.2) is 15.8 Å². The highest BCUT2D eigenvalue weighted by Crippen LogP contribution is 2.30. The first-order valence-electron chi connectivity index (χ1n) is 4.89. The number of rotatable bonds is 6. The molecule has 1 heterocycles. The number of nitrogen functional groups attached to an aromatic ring is 1. The Labute approximate surface area is 103 Å². The molecule has 0 saturated carbocycles. The summed E-state index contributed by atoms with van der Waals surface area (Å²) in [6.45, 7) is 2.20. The van der Waals surface area contributed by atoms with Gasteiger partial charge < -0.3 is 5.43 Å². The van der Waals surface area contributed by atoms with Crippen LogP contribution in [0.3, 0.4) is 0 Å². The van der Waals surface area contributed by atoms with E-state index in [9.17, 15) is 0 Å². The van der Waals surface area contributed by atoms with E-state index in [4.69, 9.17) is 5.84 Å². The number of hydrogen-bond acceptors (Lipinski definition) is 5. The van der Waals surface area contributed by atoms with Crippen molar-refractivity contribution < 1.29 is 0 Å². The van der Waals surface area contributed by atoms with Crippen LogP contribution in [0.15, 0.2) is 15.8 Å². The van der Waals surface area contributed by atoms with Crippen molar-refractivity contribution in [3.05, 3.63) is 10.8 Å². The molecule has 0 fully saturated rings. The average Bonchev–Trinajstić information content (AvgIpc) is 2.26. The van der Waals surface area contributed by atoms with Crippen molar-refractivity contribution in [1.29, 1.82) is 0 Å². The first-order chi connectivity index (χ1) is 7.29. The quantitative estimate of drug-likeness (QED) is 0.277. The van der Waals surface area contributed by atoms with Crippen molar-refractivity contribution in [3.63, 3.8) is 0 Å². The van der Waals surface area contributed by atoms with Crippen molar-refractivity contribution in [3.8, 4) is 0 Å². The van der Waals surface area contributed by atoms with Crippen molar-refractivity contribution in [1.82, 2.24) is 9.97 Å². The minimum absolute atomic E-state index is 0.628. The maximum atomic E-state index is 5.32. The van der Waals surface area contributed by atoms with E-state index in [1.807, 2.05) is 0 Å². The van der Waals surface area contributed by atoms with Crippen LogP contribution >= 0.6 is 27.7 Å². The topological polar surface area (TPSA) is 63.8 Å². The van der Waals surface area contributed by atoms with Crippen LogP contribution in [0.2, 0.25) is 0 Å². The van der Waals surface area contributed by atoms with E-state index in [-0.39, 0.29) is 0 Å². The van der Waals surface area contributed by atoms with Gasteiger partial charge in [0, 0.05) is 0 Å². The minimum Gasteiger partial charge on any atom is -0.307 e. The van der Waals surface area contributed by atoms with Gasteiger partial charge in [-0.2, -0.15) is 0 Å². The number of anilines is 1. The molecule has 15 heavy (non-hydrogen) atoms. The molecule has 0 aliphatic rings. The number of hydrazine groups is 1. The number of thioether (sulfide) groups is 1. The van der Waals surface area contributed by atoms with Gasteiger partial charge in [0.25, 0.3) is 0 Å². The smallest absolute Gasteiger partial charge is 0.158 e.